The molecule has 0 saturated carbocycles. The van der Waals surface area contributed by atoms with Crippen LogP contribution in [0.2, 0.25) is 5.02 Å². The number of unbranched alkanes of at least 4 members (excludes halogenated alkanes) is 5. The van der Waals surface area contributed by atoms with Crippen LogP contribution in [-0.2, 0) is 21.4 Å². The molecule has 0 aliphatic heterocycles. The number of aromatic amines is 1. The fourth-order valence-corrected chi connectivity index (χ4v) is 4.78. The van der Waals surface area contributed by atoms with Crippen molar-refractivity contribution < 1.29 is 9.53 Å². The van der Waals surface area contributed by atoms with E-state index in [0.717, 1.165) is 46.1 Å². The first-order chi connectivity index (χ1) is 15.8. The topological polar surface area (TPSA) is 67.9 Å². The van der Waals surface area contributed by atoms with Gasteiger partial charge in [0.2, 0.25) is 0 Å². The maximum Gasteiger partial charge on any atom is 0.306 e. The molecule has 0 amide bonds. The Morgan fingerprint density at radius 2 is 1.76 bits per heavy atom. The van der Waals surface area contributed by atoms with Crippen LogP contribution in [0.25, 0.3) is 22.2 Å². The minimum Gasteiger partial charge on any atom is -0.466 e. The third-order valence-electron chi connectivity index (χ3n) is 5.97. The molecular weight excluding hydrogens is 434 g/mol. The first-order valence-corrected chi connectivity index (χ1v) is 12.5. The highest BCUT2D eigenvalue weighted by Crippen LogP contribution is 2.43. The number of H-pyrrole nitrogens is 1. The molecule has 6 heteroatoms. The van der Waals surface area contributed by atoms with Crippen LogP contribution in [0.1, 0.15) is 83.8 Å². The van der Waals surface area contributed by atoms with Gasteiger partial charge in [-0.15, -0.1) is 5.10 Å². The van der Waals surface area contributed by atoms with Crippen molar-refractivity contribution in [2.24, 2.45) is 0 Å². The lowest BCUT2D eigenvalue weighted by Gasteiger charge is -2.26. The Morgan fingerprint density at radius 1 is 1.06 bits per heavy atom. The molecule has 3 rings (SSSR count). The van der Waals surface area contributed by atoms with Gasteiger partial charge in [0.05, 0.1) is 17.1 Å². The summed E-state index contributed by atoms with van der Waals surface area (Å²) < 4.78 is 5.51. The zero-order valence-corrected chi connectivity index (χ0v) is 21.1. The van der Waals surface area contributed by atoms with E-state index in [1.54, 1.807) is 0 Å². The van der Waals surface area contributed by atoms with Crippen LogP contribution in [0.15, 0.2) is 30.3 Å². The highest BCUT2D eigenvalue weighted by molar-refractivity contribution is 6.36. The van der Waals surface area contributed by atoms with Crippen LogP contribution >= 0.6 is 11.6 Å². The average molecular weight is 470 g/mol. The Bertz CT molecular complexity index is 1050. The zero-order valence-electron chi connectivity index (χ0n) is 20.3. The Balaban J connectivity index is 1.80. The number of hydrogen-bond donors (Lipinski definition) is 1. The normalized spacial score (nSPS) is 11.8. The van der Waals surface area contributed by atoms with Crippen molar-refractivity contribution in [1.82, 2.24) is 15.4 Å². The summed E-state index contributed by atoms with van der Waals surface area (Å²) in [6.07, 6.45) is 7.81. The zero-order chi connectivity index (χ0) is 23.8. The molecule has 2 aromatic carbocycles. The number of ether oxygens (including phenoxy) is 1. The van der Waals surface area contributed by atoms with E-state index < -0.39 is 0 Å². The smallest absolute Gasteiger partial charge is 0.306 e. The summed E-state index contributed by atoms with van der Waals surface area (Å²) in [4.78, 5) is 12.5. The van der Waals surface area contributed by atoms with Crippen LogP contribution in [0.5, 0.6) is 0 Å². The van der Waals surface area contributed by atoms with Crippen molar-refractivity contribution in [3.05, 3.63) is 46.5 Å². The van der Waals surface area contributed by atoms with Gasteiger partial charge in [-0.2, -0.15) is 0 Å². The molecule has 0 spiro atoms. The van der Waals surface area contributed by atoms with Crippen molar-refractivity contribution in [3.63, 3.8) is 0 Å². The number of nitrogens with one attached hydrogen (secondary N) is 1. The maximum absolute atomic E-state index is 12.5. The summed E-state index contributed by atoms with van der Waals surface area (Å²) in [7, 11) is 0. The maximum atomic E-state index is 12.5. The van der Waals surface area contributed by atoms with E-state index in [1.165, 1.54) is 25.7 Å². The number of esters is 1. The molecule has 0 atom stereocenters. The molecule has 1 aromatic heterocycles. The number of rotatable bonds is 11. The number of hydrogen-bond acceptors (Lipinski definition) is 4. The minimum absolute atomic E-state index is 0.177. The number of halogens is 1. The Hall–Kier alpha value is -2.40. The average Bonchev–Trinajstić information content (AvgIpc) is 3.25. The summed E-state index contributed by atoms with van der Waals surface area (Å²) in [5, 5.41) is 12.2. The van der Waals surface area contributed by atoms with E-state index in [9.17, 15) is 4.79 Å². The summed E-state index contributed by atoms with van der Waals surface area (Å²) in [6.45, 7) is 9.12. The van der Waals surface area contributed by atoms with Crippen molar-refractivity contribution in [2.75, 3.05) is 6.61 Å². The van der Waals surface area contributed by atoms with Gasteiger partial charge in [0.25, 0.3) is 0 Å². The molecule has 0 radical (unpaired) electrons. The number of benzene rings is 2. The molecule has 3 aromatic rings. The second kappa shape index (κ2) is 11.6. The first kappa shape index (κ1) is 25.2. The molecule has 0 aliphatic rings. The van der Waals surface area contributed by atoms with Crippen molar-refractivity contribution >= 4 is 28.6 Å². The van der Waals surface area contributed by atoms with Crippen LogP contribution in [0.4, 0.5) is 0 Å². The monoisotopic (exact) mass is 469 g/mol. The lowest BCUT2D eigenvalue weighted by molar-refractivity contribution is -0.143. The molecule has 0 unspecified atom stereocenters. The molecule has 1 N–H and O–H groups in total. The lowest BCUT2D eigenvalue weighted by atomic mass is 9.80. The van der Waals surface area contributed by atoms with Crippen LogP contribution in [0.3, 0.4) is 0 Å². The summed E-state index contributed by atoms with van der Waals surface area (Å²) in [6, 6.07) is 9.97. The number of nitrogens with zero attached hydrogens (tertiary/aromatic N) is 2. The second-order valence-electron chi connectivity index (χ2n) is 9.68. The van der Waals surface area contributed by atoms with Crippen molar-refractivity contribution in [3.8, 4) is 11.1 Å². The quantitative estimate of drug-likeness (QED) is 0.234. The third-order valence-corrected chi connectivity index (χ3v) is 6.39. The number of carbonyl (C=O) groups excluding carboxylic acids is 1. The SMILES string of the molecule is CCCCCCCCOC(=O)CCc1c(Cl)c(-c2ccccc2)c2nn[nH]c2c1C(C)(C)C. The highest BCUT2D eigenvalue weighted by Gasteiger charge is 2.28. The Morgan fingerprint density at radius 3 is 2.45 bits per heavy atom. The van der Waals surface area contributed by atoms with Gasteiger partial charge in [-0.05, 0) is 34.9 Å². The summed E-state index contributed by atoms with van der Waals surface area (Å²) >= 11 is 7.03. The molecular formula is C27H36ClN3O2. The predicted octanol–water partition coefficient (Wildman–Crippen LogP) is 7.41. The Kier molecular flexibility index (Phi) is 8.90. The molecule has 0 fully saturated rings. The highest BCUT2D eigenvalue weighted by atomic mass is 35.5. The van der Waals surface area contributed by atoms with Crippen molar-refractivity contribution in [1.29, 1.82) is 0 Å². The van der Waals surface area contributed by atoms with Crippen LogP contribution in [-0.4, -0.2) is 28.0 Å². The Labute approximate surface area is 202 Å². The third kappa shape index (κ3) is 6.35. The molecule has 0 aliphatic carbocycles. The largest absolute Gasteiger partial charge is 0.466 e. The van der Waals surface area contributed by atoms with Gasteiger partial charge in [-0.1, -0.05) is 107 Å². The molecule has 5 nitrogen and oxygen atoms in total. The van der Waals surface area contributed by atoms with E-state index in [0.29, 0.717) is 24.5 Å². The fraction of sp³-hybridized carbons (Fsp3) is 0.519. The number of carbonyl (C=O) groups is 1. The van der Waals surface area contributed by atoms with E-state index in [-0.39, 0.29) is 11.4 Å². The number of aromatic nitrogens is 3. The fourth-order valence-electron chi connectivity index (χ4n) is 4.39. The molecule has 33 heavy (non-hydrogen) atoms. The molecule has 0 bridgehead atoms. The van der Waals surface area contributed by atoms with E-state index >= 15 is 0 Å². The summed E-state index contributed by atoms with van der Waals surface area (Å²) in [5.74, 6) is -0.177. The van der Waals surface area contributed by atoms with Gasteiger partial charge in [0.1, 0.15) is 5.52 Å². The molecule has 0 saturated heterocycles. The van der Waals surface area contributed by atoms with Crippen LogP contribution < -0.4 is 0 Å². The van der Waals surface area contributed by atoms with Gasteiger partial charge in [0.15, 0.2) is 0 Å². The van der Waals surface area contributed by atoms with Crippen molar-refractivity contribution in [2.45, 2.75) is 84.5 Å². The minimum atomic E-state index is -0.205. The van der Waals surface area contributed by atoms with E-state index in [1.807, 2.05) is 30.3 Å². The number of fused-ring (bicyclic) bond motifs is 1. The summed E-state index contributed by atoms with van der Waals surface area (Å²) in [5.41, 5.74) is 5.27. The van der Waals surface area contributed by atoms with Gasteiger partial charge in [-0.3, -0.25) is 9.89 Å². The van der Waals surface area contributed by atoms with Crippen LogP contribution in [0, 0.1) is 0 Å². The lowest BCUT2D eigenvalue weighted by Crippen LogP contribution is -2.17. The standard InChI is InChI=1S/C27H36ClN3O2/c1-5-6-7-8-9-13-18-33-21(32)17-16-20-23(27(2,3)4)26-25(29-31-30-26)22(24(20)28)19-14-11-10-12-15-19/h10-12,14-15H,5-9,13,16-18H2,1-4H3,(H,29,30,31). The van der Waals surface area contributed by atoms with Gasteiger partial charge >= 0.3 is 5.97 Å². The predicted molar refractivity (Wildman–Crippen MR) is 136 cm³/mol. The van der Waals surface area contributed by atoms with E-state index in [2.05, 4.69) is 43.1 Å². The molecule has 1 heterocycles. The molecule has 178 valence electrons. The second-order valence-corrected chi connectivity index (χ2v) is 10.1. The van der Waals surface area contributed by atoms with Gasteiger partial charge in [0, 0.05) is 12.0 Å². The van der Waals surface area contributed by atoms with Gasteiger partial charge in [-0.25, -0.2) is 0 Å². The van der Waals surface area contributed by atoms with E-state index in [4.69, 9.17) is 16.3 Å². The first-order valence-electron chi connectivity index (χ1n) is 12.1. The van der Waals surface area contributed by atoms with Gasteiger partial charge < -0.3 is 4.74 Å².